The van der Waals surface area contributed by atoms with Crippen molar-refractivity contribution in [2.45, 2.75) is 96.5 Å². The third-order valence-electron chi connectivity index (χ3n) is 6.97. The number of fused-ring (bicyclic) bond motifs is 3. The summed E-state index contributed by atoms with van der Waals surface area (Å²) in [7, 11) is 0. The van der Waals surface area contributed by atoms with Crippen molar-refractivity contribution in [1.82, 2.24) is 0 Å². The fraction of sp³-hybridized carbons (Fsp3) is 0.680. The highest BCUT2D eigenvalue weighted by molar-refractivity contribution is 9.09. The Morgan fingerprint density at radius 1 is 1.18 bits per heavy atom. The number of phenolic OH excluding ortho intramolecular Hbond substituents is 1. The number of unbranched alkanes of at least 4 members (excludes halogenated alkanes) is 3. The molecule has 2 aliphatic rings. The number of hydrogen-bond acceptors (Lipinski definition) is 2. The van der Waals surface area contributed by atoms with Crippen LogP contribution in [0.3, 0.4) is 0 Å². The lowest BCUT2D eigenvalue weighted by Gasteiger charge is -2.47. The minimum Gasteiger partial charge on any atom is -0.508 e. The number of hydrogen-bond donors (Lipinski definition) is 1. The summed E-state index contributed by atoms with van der Waals surface area (Å²) >= 11 is 3.51. The predicted octanol–water partition coefficient (Wildman–Crippen LogP) is 7.63. The number of allylic oxidation sites excluding steroid dienone is 2. The quantitative estimate of drug-likeness (QED) is 0.263. The van der Waals surface area contributed by atoms with Crippen LogP contribution < -0.4 is 4.74 Å². The molecule has 3 rings (SSSR count). The number of alkyl halides is 1. The summed E-state index contributed by atoms with van der Waals surface area (Å²) < 4.78 is 6.50. The zero-order valence-electron chi connectivity index (χ0n) is 18.3. The summed E-state index contributed by atoms with van der Waals surface area (Å²) in [6.07, 6.45) is 10.6. The van der Waals surface area contributed by atoms with Crippen LogP contribution in [0.25, 0.3) is 0 Å². The largest absolute Gasteiger partial charge is 0.508 e. The van der Waals surface area contributed by atoms with Crippen molar-refractivity contribution in [3.8, 4) is 11.5 Å². The topological polar surface area (TPSA) is 29.5 Å². The second-order valence-corrected chi connectivity index (χ2v) is 10.8. The fourth-order valence-electron chi connectivity index (χ4n) is 5.11. The lowest BCUT2D eigenvalue weighted by Crippen LogP contribution is -2.45. The van der Waals surface area contributed by atoms with Crippen LogP contribution >= 0.6 is 15.9 Å². The summed E-state index contributed by atoms with van der Waals surface area (Å²) in [4.78, 5) is 0. The maximum absolute atomic E-state index is 11.0. The molecule has 0 bridgehead atoms. The molecule has 3 heteroatoms. The van der Waals surface area contributed by atoms with Gasteiger partial charge in [0.1, 0.15) is 17.1 Å². The van der Waals surface area contributed by atoms with E-state index in [9.17, 15) is 5.11 Å². The molecule has 1 aliphatic carbocycles. The maximum atomic E-state index is 11.0. The van der Waals surface area contributed by atoms with Gasteiger partial charge >= 0.3 is 0 Å². The number of aromatic hydroxyl groups is 1. The lowest BCUT2D eigenvalue weighted by atomic mass is 9.66. The van der Waals surface area contributed by atoms with E-state index in [1.807, 2.05) is 6.07 Å². The Hall–Kier alpha value is -0.960. The number of benzene rings is 1. The number of ether oxygens (including phenoxy) is 1. The molecular weight excluding hydrogens is 412 g/mol. The molecule has 0 saturated heterocycles. The van der Waals surface area contributed by atoms with Crippen LogP contribution in [0.5, 0.6) is 11.5 Å². The van der Waals surface area contributed by atoms with E-state index in [4.69, 9.17) is 4.74 Å². The Labute approximate surface area is 179 Å². The van der Waals surface area contributed by atoms with Crippen molar-refractivity contribution in [1.29, 1.82) is 0 Å². The molecule has 1 heterocycles. The first-order valence-electron chi connectivity index (χ1n) is 10.9. The molecule has 2 nitrogen and oxygen atoms in total. The molecule has 0 aromatic heterocycles. The zero-order chi connectivity index (χ0) is 20.5. The van der Waals surface area contributed by atoms with Gasteiger partial charge in [0.15, 0.2) is 0 Å². The van der Waals surface area contributed by atoms with Crippen LogP contribution in [-0.4, -0.2) is 16.0 Å². The van der Waals surface area contributed by atoms with Crippen LogP contribution in [0.2, 0.25) is 0 Å². The molecule has 0 fully saturated rings. The molecule has 0 amide bonds. The highest BCUT2D eigenvalue weighted by Gasteiger charge is 2.46. The van der Waals surface area contributed by atoms with E-state index in [0.717, 1.165) is 35.9 Å². The SMILES string of the molecule is CC1=CC[C@@H]2[C@@H](C1)c1c(O)cc(C(C)(C)CCCCCCBr)cc1OC2(C)C. The highest BCUT2D eigenvalue weighted by atomic mass is 79.9. The molecule has 0 spiro atoms. The van der Waals surface area contributed by atoms with Gasteiger partial charge in [0.25, 0.3) is 0 Å². The zero-order valence-corrected chi connectivity index (χ0v) is 19.9. The Balaban J connectivity index is 1.86. The predicted molar refractivity (Wildman–Crippen MR) is 122 cm³/mol. The number of halogens is 1. The van der Waals surface area contributed by atoms with E-state index in [-0.39, 0.29) is 11.0 Å². The van der Waals surface area contributed by atoms with Crippen LogP contribution in [-0.2, 0) is 5.41 Å². The maximum Gasteiger partial charge on any atom is 0.127 e. The van der Waals surface area contributed by atoms with Crippen molar-refractivity contribution < 1.29 is 9.84 Å². The summed E-state index contributed by atoms with van der Waals surface area (Å²) in [5.74, 6) is 2.11. The van der Waals surface area contributed by atoms with Gasteiger partial charge in [-0.25, -0.2) is 0 Å². The lowest BCUT2D eigenvalue weighted by molar-refractivity contribution is 0.00741. The summed E-state index contributed by atoms with van der Waals surface area (Å²) in [6.45, 7) is 11.2. The van der Waals surface area contributed by atoms with E-state index in [1.165, 1.54) is 36.8 Å². The van der Waals surface area contributed by atoms with E-state index < -0.39 is 0 Å². The van der Waals surface area contributed by atoms with Gasteiger partial charge in [0, 0.05) is 22.7 Å². The van der Waals surface area contributed by atoms with Crippen LogP contribution in [0.4, 0.5) is 0 Å². The van der Waals surface area contributed by atoms with Gasteiger partial charge in [-0.15, -0.1) is 0 Å². The minimum absolute atomic E-state index is 0.0354. The molecule has 0 unspecified atom stereocenters. The Kier molecular flexibility index (Phi) is 6.54. The normalized spacial score (nSPS) is 23.4. The monoisotopic (exact) mass is 448 g/mol. The van der Waals surface area contributed by atoms with E-state index >= 15 is 0 Å². The first kappa shape index (κ1) is 21.7. The average Bonchev–Trinajstić information content (AvgIpc) is 2.60. The smallest absolute Gasteiger partial charge is 0.127 e. The number of rotatable bonds is 7. The van der Waals surface area contributed by atoms with Crippen molar-refractivity contribution in [2.24, 2.45) is 5.92 Å². The van der Waals surface area contributed by atoms with Gasteiger partial charge in [0.2, 0.25) is 0 Å². The average molecular weight is 449 g/mol. The van der Waals surface area contributed by atoms with Gasteiger partial charge in [-0.2, -0.15) is 0 Å². The van der Waals surface area contributed by atoms with Crippen molar-refractivity contribution in [3.05, 3.63) is 34.9 Å². The van der Waals surface area contributed by atoms with Crippen LogP contribution in [0.15, 0.2) is 23.8 Å². The molecule has 1 aromatic rings. The van der Waals surface area contributed by atoms with Gasteiger partial charge in [-0.1, -0.05) is 60.7 Å². The molecule has 0 saturated carbocycles. The van der Waals surface area contributed by atoms with E-state index in [2.05, 4.69) is 62.7 Å². The van der Waals surface area contributed by atoms with E-state index in [0.29, 0.717) is 17.6 Å². The number of phenols is 1. The fourth-order valence-corrected chi connectivity index (χ4v) is 5.51. The molecule has 0 radical (unpaired) electrons. The summed E-state index contributed by atoms with van der Waals surface area (Å²) in [5, 5.41) is 12.1. The van der Waals surface area contributed by atoms with Gasteiger partial charge in [-0.05, 0) is 69.6 Å². The van der Waals surface area contributed by atoms with Crippen LogP contribution in [0.1, 0.15) is 96.6 Å². The second-order valence-electron chi connectivity index (χ2n) is 10.1. The van der Waals surface area contributed by atoms with Crippen molar-refractivity contribution in [3.63, 3.8) is 0 Å². The molecule has 2 atom stereocenters. The molecule has 1 aromatic carbocycles. The molecule has 1 aliphatic heterocycles. The Morgan fingerprint density at radius 3 is 2.61 bits per heavy atom. The summed E-state index contributed by atoms with van der Waals surface area (Å²) in [6, 6.07) is 4.24. The Morgan fingerprint density at radius 2 is 1.89 bits per heavy atom. The van der Waals surface area contributed by atoms with Crippen molar-refractivity contribution in [2.75, 3.05) is 5.33 Å². The molecule has 28 heavy (non-hydrogen) atoms. The second kappa shape index (κ2) is 8.42. The van der Waals surface area contributed by atoms with Gasteiger partial charge < -0.3 is 9.84 Å². The van der Waals surface area contributed by atoms with Gasteiger partial charge in [-0.3, -0.25) is 0 Å². The standard InChI is InChI=1S/C25H37BrO2/c1-17-10-11-20-19(14-17)23-21(27)15-18(16-22(23)28-25(20,4)5)24(2,3)12-8-6-7-9-13-26/h10,15-16,19-20,27H,6-9,11-14H2,1-5H3/t19-,20-/m1/s1. The van der Waals surface area contributed by atoms with Gasteiger partial charge in [0.05, 0.1) is 0 Å². The first-order valence-corrected chi connectivity index (χ1v) is 12.1. The third kappa shape index (κ3) is 4.45. The van der Waals surface area contributed by atoms with E-state index in [1.54, 1.807) is 0 Å². The summed E-state index contributed by atoms with van der Waals surface area (Å²) in [5.41, 5.74) is 3.49. The molecular formula is C25H37BrO2. The van der Waals surface area contributed by atoms with Crippen molar-refractivity contribution >= 4 is 15.9 Å². The molecule has 1 N–H and O–H groups in total. The third-order valence-corrected chi connectivity index (χ3v) is 7.53. The first-order chi connectivity index (χ1) is 13.2. The van der Waals surface area contributed by atoms with Crippen LogP contribution in [0, 0.1) is 5.92 Å². The highest BCUT2D eigenvalue weighted by Crippen LogP contribution is 2.54. The minimum atomic E-state index is -0.209. The molecule has 156 valence electrons. The Bertz CT molecular complexity index is 732.